The number of hydrogen-bond acceptors (Lipinski definition) is 6. The van der Waals surface area contributed by atoms with Gasteiger partial charge in [-0.1, -0.05) is 0 Å². The lowest BCUT2D eigenvalue weighted by atomic mass is 9.81. The van der Waals surface area contributed by atoms with Crippen molar-refractivity contribution in [2.45, 2.75) is 12.8 Å². The maximum atomic E-state index is 12.4. The van der Waals surface area contributed by atoms with E-state index in [0.29, 0.717) is 22.9 Å². The van der Waals surface area contributed by atoms with Crippen LogP contribution in [0.2, 0.25) is 0 Å². The van der Waals surface area contributed by atoms with Gasteiger partial charge in [-0.3, -0.25) is 5.10 Å². The third kappa shape index (κ3) is 1.97. The number of aromatic amines is 1. The fourth-order valence-electron chi connectivity index (χ4n) is 3.36. The van der Waals surface area contributed by atoms with Crippen molar-refractivity contribution in [2.75, 3.05) is 26.1 Å². The summed E-state index contributed by atoms with van der Waals surface area (Å²) in [6, 6.07) is 5.56. The van der Waals surface area contributed by atoms with Crippen LogP contribution in [0, 0.1) is 6.92 Å². The largest absolute Gasteiger partial charge is 0.497 e. The molecule has 0 fully saturated rings. The molecule has 7 heteroatoms. The zero-order valence-electron chi connectivity index (χ0n) is 13.6. The molecule has 124 valence electrons. The van der Waals surface area contributed by atoms with Gasteiger partial charge in [0.25, 0.3) is 0 Å². The molecule has 0 saturated heterocycles. The van der Waals surface area contributed by atoms with Crippen molar-refractivity contribution in [3.8, 4) is 11.5 Å². The molecule has 2 aliphatic heterocycles. The molecule has 3 heterocycles. The number of methoxy groups -OCH3 is 2. The van der Waals surface area contributed by atoms with Crippen LogP contribution in [-0.2, 0) is 9.53 Å². The molecule has 0 amide bonds. The predicted molar refractivity (Wildman–Crippen MR) is 86.3 cm³/mol. The monoisotopic (exact) mass is 327 g/mol. The van der Waals surface area contributed by atoms with Crippen molar-refractivity contribution < 1.29 is 19.0 Å². The van der Waals surface area contributed by atoms with Crippen LogP contribution in [0.5, 0.6) is 11.5 Å². The van der Waals surface area contributed by atoms with E-state index in [1.165, 1.54) is 0 Å². The van der Waals surface area contributed by atoms with E-state index in [4.69, 9.17) is 14.2 Å². The van der Waals surface area contributed by atoms with E-state index >= 15 is 0 Å². The highest BCUT2D eigenvalue weighted by atomic mass is 16.5. The molecule has 1 aromatic heterocycles. The SMILES string of the molecule is COc1ccc(OC)c(C2C3=C(COC3=O)Nc3n[nH]c(C)c32)c1. The quantitative estimate of drug-likeness (QED) is 0.840. The summed E-state index contributed by atoms with van der Waals surface area (Å²) < 4.78 is 16.1. The number of nitrogens with zero attached hydrogens (tertiary/aromatic N) is 1. The Kier molecular flexibility index (Phi) is 3.23. The molecule has 4 rings (SSSR count). The molecule has 7 nitrogen and oxygen atoms in total. The average molecular weight is 327 g/mol. The Morgan fingerprint density at radius 2 is 2.12 bits per heavy atom. The Morgan fingerprint density at radius 3 is 2.88 bits per heavy atom. The second-order valence-corrected chi connectivity index (χ2v) is 5.75. The van der Waals surface area contributed by atoms with Gasteiger partial charge in [0.05, 0.1) is 31.4 Å². The lowest BCUT2D eigenvalue weighted by Gasteiger charge is -2.26. The van der Waals surface area contributed by atoms with Gasteiger partial charge in [-0.15, -0.1) is 0 Å². The number of carbonyl (C=O) groups excluding carboxylic acids is 1. The van der Waals surface area contributed by atoms with Crippen LogP contribution in [0.25, 0.3) is 0 Å². The van der Waals surface area contributed by atoms with E-state index < -0.39 is 0 Å². The molecule has 1 aromatic carbocycles. The number of esters is 1. The number of rotatable bonds is 3. The normalized spacial score (nSPS) is 18.6. The molecule has 0 spiro atoms. The van der Waals surface area contributed by atoms with Crippen LogP contribution in [0.3, 0.4) is 0 Å². The molecule has 0 saturated carbocycles. The third-order valence-electron chi connectivity index (χ3n) is 4.48. The van der Waals surface area contributed by atoms with Gasteiger partial charge in [0.15, 0.2) is 5.82 Å². The van der Waals surface area contributed by atoms with Crippen LogP contribution < -0.4 is 14.8 Å². The minimum Gasteiger partial charge on any atom is -0.497 e. The topological polar surface area (TPSA) is 85.5 Å². The van der Waals surface area contributed by atoms with Gasteiger partial charge in [-0.05, 0) is 25.1 Å². The summed E-state index contributed by atoms with van der Waals surface area (Å²) in [5, 5.41) is 10.5. The Labute approximate surface area is 138 Å². The summed E-state index contributed by atoms with van der Waals surface area (Å²) in [6.45, 7) is 2.15. The molecule has 1 atom stereocenters. The minimum absolute atomic E-state index is 0.225. The number of aromatic nitrogens is 2. The maximum Gasteiger partial charge on any atom is 0.337 e. The molecule has 2 aliphatic rings. The lowest BCUT2D eigenvalue weighted by Crippen LogP contribution is -2.20. The molecule has 0 aliphatic carbocycles. The van der Waals surface area contributed by atoms with Gasteiger partial charge in [-0.25, -0.2) is 4.79 Å². The fourth-order valence-corrected chi connectivity index (χ4v) is 3.36. The standard InChI is InChI=1S/C17H17N3O4/c1-8-13-14(10-6-9(22-2)4-5-12(10)23-3)15-11(7-24-17(15)21)18-16(13)20-19-8/h4-6,14H,7H2,1-3H3,(H2,18,19,20). The van der Waals surface area contributed by atoms with E-state index in [1.807, 2.05) is 25.1 Å². The summed E-state index contributed by atoms with van der Waals surface area (Å²) in [5.41, 5.74) is 3.99. The van der Waals surface area contributed by atoms with Gasteiger partial charge < -0.3 is 19.5 Å². The summed E-state index contributed by atoms with van der Waals surface area (Å²) in [5.74, 6) is 1.44. The van der Waals surface area contributed by atoms with E-state index in [2.05, 4.69) is 15.5 Å². The van der Waals surface area contributed by atoms with E-state index in [1.54, 1.807) is 14.2 Å². The number of hydrogen-bond donors (Lipinski definition) is 2. The number of anilines is 1. The maximum absolute atomic E-state index is 12.4. The number of cyclic esters (lactones) is 1. The van der Waals surface area contributed by atoms with Crippen LogP contribution in [0.15, 0.2) is 29.5 Å². The van der Waals surface area contributed by atoms with Crippen LogP contribution in [0.4, 0.5) is 5.82 Å². The second-order valence-electron chi connectivity index (χ2n) is 5.75. The highest BCUT2D eigenvalue weighted by molar-refractivity contribution is 5.97. The van der Waals surface area contributed by atoms with Crippen molar-refractivity contribution in [1.82, 2.24) is 10.2 Å². The molecular formula is C17H17N3O4. The average Bonchev–Trinajstić information content (AvgIpc) is 3.16. The summed E-state index contributed by atoms with van der Waals surface area (Å²) >= 11 is 0. The first-order chi connectivity index (χ1) is 11.6. The lowest BCUT2D eigenvalue weighted by molar-refractivity contribution is -0.136. The number of fused-ring (bicyclic) bond motifs is 1. The van der Waals surface area contributed by atoms with Gasteiger partial charge in [0, 0.05) is 16.8 Å². The molecular weight excluding hydrogens is 310 g/mol. The summed E-state index contributed by atoms with van der Waals surface area (Å²) in [6.07, 6.45) is 0. The van der Waals surface area contributed by atoms with Gasteiger partial charge in [0.2, 0.25) is 0 Å². The molecule has 1 unspecified atom stereocenters. The van der Waals surface area contributed by atoms with E-state index in [-0.39, 0.29) is 18.5 Å². The number of carbonyl (C=O) groups is 1. The zero-order valence-corrected chi connectivity index (χ0v) is 13.6. The van der Waals surface area contributed by atoms with Crippen molar-refractivity contribution in [1.29, 1.82) is 0 Å². The van der Waals surface area contributed by atoms with Crippen molar-refractivity contribution in [2.24, 2.45) is 0 Å². The first-order valence-electron chi connectivity index (χ1n) is 7.58. The number of H-pyrrole nitrogens is 1. The fraction of sp³-hybridized carbons (Fsp3) is 0.294. The second kappa shape index (κ2) is 5.30. The minimum atomic E-state index is -0.324. The first-order valence-corrected chi connectivity index (χ1v) is 7.58. The Morgan fingerprint density at radius 1 is 1.29 bits per heavy atom. The van der Waals surface area contributed by atoms with Crippen molar-refractivity contribution in [3.05, 3.63) is 46.3 Å². The van der Waals surface area contributed by atoms with Gasteiger partial charge in [-0.2, -0.15) is 5.10 Å². The number of benzene rings is 1. The number of nitrogens with one attached hydrogen (secondary N) is 2. The molecule has 2 aromatic rings. The summed E-state index contributed by atoms with van der Waals surface area (Å²) in [4.78, 5) is 12.4. The molecule has 0 radical (unpaired) electrons. The molecule has 24 heavy (non-hydrogen) atoms. The summed E-state index contributed by atoms with van der Waals surface area (Å²) in [7, 11) is 3.22. The van der Waals surface area contributed by atoms with Crippen molar-refractivity contribution >= 4 is 11.8 Å². The van der Waals surface area contributed by atoms with Crippen LogP contribution in [0.1, 0.15) is 22.7 Å². The first kappa shape index (κ1) is 14.6. The smallest absolute Gasteiger partial charge is 0.337 e. The van der Waals surface area contributed by atoms with Gasteiger partial charge in [0.1, 0.15) is 18.1 Å². The van der Waals surface area contributed by atoms with E-state index in [0.717, 1.165) is 22.5 Å². The molecule has 0 bridgehead atoms. The Bertz CT molecular complexity index is 869. The number of ether oxygens (including phenoxy) is 3. The van der Waals surface area contributed by atoms with E-state index in [9.17, 15) is 4.79 Å². The number of aryl methyl sites for hydroxylation is 1. The highest BCUT2D eigenvalue weighted by Crippen LogP contribution is 2.47. The zero-order chi connectivity index (χ0) is 16.8. The van der Waals surface area contributed by atoms with Crippen LogP contribution in [-0.4, -0.2) is 37.0 Å². The molecule has 2 N–H and O–H groups in total. The van der Waals surface area contributed by atoms with Gasteiger partial charge >= 0.3 is 5.97 Å². The van der Waals surface area contributed by atoms with Crippen molar-refractivity contribution in [3.63, 3.8) is 0 Å². The predicted octanol–water partition coefficient (Wildman–Crippen LogP) is 2.10. The Hall–Kier alpha value is -2.96. The Balaban J connectivity index is 1.98. The third-order valence-corrected chi connectivity index (χ3v) is 4.48. The van der Waals surface area contributed by atoms with Crippen LogP contribution >= 0.6 is 0 Å². The highest BCUT2D eigenvalue weighted by Gasteiger charge is 2.41.